The van der Waals surface area contributed by atoms with Gasteiger partial charge in [-0.1, -0.05) is 50.2 Å². The topological polar surface area (TPSA) is 63.0 Å². The lowest BCUT2D eigenvalue weighted by molar-refractivity contribution is 0.0314. The molecule has 1 amide bonds. The monoisotopic (exact) mass is 432 g/mol. The zero-order valence-electron chi connectivity index (χ0n) is 18.5. The summed E-state index contributed by atoms with van der Waals surface area (Å²) in [5, 5.41) is 0.512. The maximum atomic E-state index is 13.5. The Hall–Kier alpha value is -2.96. The van der Waals surface area contributed by atoms with E-state index in [2.05, 4.69) is 30.9 Å². The van der Waals surface area contributed by atoms with Crippen molar-refractivity contribution in [3.63, 3.8) is 0 Å². The highest BCUT2D eigenvalue weighted by Gasteiger charge is 2.42. The van der Waals surface area contributed by atoms with Gasteiger partial charge >= 0.3 is 0 Å². The van der Waals surface area contributed by atoms with E-state index in [1.165, 1.54) is 5.56 Å². The van der Waals surface area contributed by atoms with Crippen LogP contribution in [0, 0.1) is 0 Å². The van der Waals surface area contributed by atoms with Gasteiger partial charge in [0.2, 0.25) is 5.76 Å². The van der Waals surface area contributed by atoms with Gasteiger partial charge in [0.1, 0.15) is 5.58 Å². The minimum absolute atomic E-state index is 0.123. The summed E-state index contributed by atoms with van der Waals surface area (Å²) in [5.74, 6) is 0.371. The molecule has 0 bridgehead atoms. The second-order valence-corrected chi connectivity index (χ2v) is 8.85. The van der Waals surface area contributed by atoms with Gasteiger partial charge in [-0.15, -0.1) is 0 Å². The van der Waals surface area contributed by atoms with Crippen molar-refractivity contribution in [1.29, 1.82) is 0 Å². The van der Waals surface area contributed by atoms with E-state index < -0.39 is 6.04 Å². The number of morpholine rings is 1. The Morgan fingerprint density at radius 3 is 2.41 bits per heavy atom. The molecule has 3 heterocycles. The highest BCUT2D eigenvalue weighted by molar-refractivity contribution is 5.99. The maximum Gasteiger partial charge on any atom is 0.290 e. The van der Waals surface area contributed by atoms with Crippen molar-refractivity contribution in [2.24, 2.45) is 0 Å². The molecule has 6 nitrogen and oxygen atoms in total. The first-order valence-corrected chi connectivity index (χ1v) is 11.3. The number of nitrogens with zero attached hydrogens (tertiary/aromatic N) is 2. The predicted molar refractivity (Wildman–Crippen MR) is 123 cm³/mol. The Morgan fingerprint density at radius 1 is 0.969 bits per heavy atom. The third-order valence-electron chi connectivity index (χ3n) is 6.55. The van der Waals surface area contributed by atoms with Crippen LogP contribution in [0.4, 0.5) is 0 Å². The van der Waals surface area contributed by atoms with Crippen molar-refractivity contribution in [3.8, 4) is 0 Å². The highest BCUT2D eigenvalue weighted by atomic mass is 16.5. The minimum atomic E-state index is -0.444. The molecule has 0 radical (unpaired) electrons. The van der Waals surface area contributed by atoms with Gasteiger partial charge in [0.25, 0.3) is 5.91 Å². The zero-order valence-corrected chi connectivity index (χ0v) is 18.5. The fraction of sp³-hybridized carbons (Fsp3) is 0.385. The molecule has 0 unspecified atom stereocenters. The van der Waals surface area contributed by atoms with Crippen molar-refractivity contribution in [2.75, 3.05) is 39.4 Å². The third-order valence-corrected chi connectivity index (χ3v) is 6.55. The fourth-order valence-corrected chi connectivity index (χ4v) is 4.68. The van der Waals surface area contributed by atoms with Crippen molar-refractivity contribution in [1.82, 2.24) is 9.80 Å². The standard InChI is InChI=1S/C26H28N2O4/c1-17(2)18-7-9-19(10-8-18)23-22-24(29)20-5-3-4-6-21(20)32-25(22)26(30)28(23)12-11-27-13-15-31-16-14-27/h3-10,17,23H,11-16H2,1-2H3/t23-/m0/s1. The first kappa shape index (κ1) is 20.9. The first-order valence-electron chi connectivity index (χ1n) is 11.3. The second kappa shape index (κ2) is 8.52. The van der Waals surface area contributed by atoms with Gasteiger partial charge in [-0.25, -0.2) is 0 Å². The lowest BCUT2D eigenvalue weighted by Gasteiger charge is -2.31. The molecule has 6 heteroatoms. The average molecular weight is 433 g/mol. The van der Waals surface area contributed by atoms with Crippen LogP contribution >= 0.6 is 0 Å². The van der Waals surface area contributed by atoms with Gasteiger partial charge in [0.05, 0.1) is 30.2 Å². The Balaban J connectivity index is 1.58. The molecule has 1 fully saturated rings. The predicted octanol–water partition coefficient (Wildman–Crippen LogP) is 3.79. The molecule has 166 valence electrons. The second-order valence-electron chi connectivity index (χ2n) is 8.85. The van der Waals surface area contributed by atoms with E-state index in [1.54, 1.807) is 17.0 Å². The molecule has 32 heavy (non-hydrogen) atoms. The molecule has 2 aromatic carbocycles. The molecule has 1 aromatic heterocycles. The number of para-hydroxylation sites is 1. The summed E-state index contributed by atoms with van der Waals surface area (Å²) >= 11 is 0. The summed E-state index contributed by atoms with van der Waals surface area (Å²) < 4.78 is 11.5. The normalized spacial score (nSPS) is 19.2. The van der Waals surface area contributed by atoms with Crippen LogP contribution in [-0.2, 0) is 4.74 Å². The number of benzene rings is 2. The average Bonchev–Trinajstić information content (AvgIpc) is 3.10. The van der Waals surface area contributed by atoms with E-state index in [0.29, 0.717) is 42.2 Å². The van der Waals surface area contributed by atoms with Gasteiger partial charge in [-0.3, -0.25) is 14.5 Å². The van der Waals surface area contributed by atoms with Crippen molar-refractivity contribution in [3.05, 3.63) is 81.2 Å². The SMILES string of the molecule is CC(C)c1ccc([C@H]2c3c(oc4ccccc4c3=O)C(=O)N2CCN2CCOCC2)cc1. The Morgan fingerprint density at radius 2 is 1.69 bits per heavy atom. The van der Waals surface area contributed by atoms with Crippen LogP contribution in [0.1, 0.15) is 53.1 Å². The van der Waals surface area contributed by atoms with Crippen LogP contribution in [0.25, 0.3) is 11.0 Å². The number of carbonyl (C=O) groups is 1. The largest absolute Gasteiger partial charge is 0.450 e. The smallest absolute Gasteiger partial charge is 0.290 e. The summed E-state index contributed by atoms with van der Waals surface area (Å²) in [6, 6.07) is 15.0. The van der Waals surface area contributed by atoms with Crippen LogP contribution in [-0.4, -0.2) is 55.1 Å². The molecular formula is C26H28N2O4. The van der Waals surface area contributed by atoms with E-state index in [4.69, 9.17) is 9.15 Å². The number of fused-ring (bicyclic) bond motifs is 2. The maximum absolute atomic E-state index is 13.5. The van der Waals surface area contributed by atoms with Gasteiger partial charge in [-0.2, -0.15) is 0 Å². The van der Waals surface area contributed by atoms with Crippen LogP contribution in [0.3, 0.4) is 0 Å². The quantitative estimate of drug-likeness (QED) is 0.614. The number of hydrogen-bond acceptors (Lipinski definition) is 5. The molecule has 3 aromatic rings. The lowest BCUT2D eigenvalue weighted by Crippen LogP contribution is -2.42. The molecule has 0 aliphatic carbocycles. The zero-order chi connectivity index (χ0) is 22.2. The number of rotatable bonds is 5. The highest BCUT2D eigenvalue weighted by Crippen LogP contribution is 2.38. The number of ether oxygens (including phenoxy) is 1. The van der Waals surface area contributed by atoms with E-state index in [1.807, 2.05) is 24.3 Å². The Labute approximate surface area is 187 Å². The van der Waals surface area contributed by atoms with E-state index in [9.17, 15) is 9.59 Å². The molecule has 0 saturated carbocycles. The molecule has 5 rings (SSSR count). The van der Waals surface area contributed by atoms with Crippen molar-refractivity contribution in [2.45, 2.75) is 25.8 Å². The molecule has 2 aliphatic rings. The van der Waals surface area contributed by atoms with Crippen LogP contribution in [0.2, 0.25) is 0 Å². The van der Waals surface area contributed by atoms with E-state index in [-0.39, 0.29) is 17.1 Å². The van der Waals surface area contributed by atoms with Gasteiger partial charge < -0.3 is 14.1 Å². The van der Waals surface area contributed by atoms with Crippen LogP contribution in [0.15, 0.2) is 57.7 Å². The van der Waals surface area contributed by atoms with E-state index >= 15 is 0 Å². The van der Waals surface area contributed by atoms with Gasteiger partial charge in [-0.05, 0) is 29.2 Å². The molecular weight excluding hydrogens is 404 g/mol. The third kappa shape index (κ3) is 3.63. The molecule has 0 N–H and O–H groups in total. The minimum Gasteiger partial charge on any atom is -0.450 e. The summed E-state index contributed by atoms with van der Waals surface area (Å²) in [4.78, 5) is 31.1. The number of amides is 1. The van der Waals surface area contributed by atoms with E-state index in [0.717, 1.165) is 25.2 Å². The molecule has 1 atom stereocenters. The lowest BCUT2D eigenvalue weighted by atomic mass is 9.95. The molecule has 2 aliphatic heterocycles. The van der Waals surface area contributed by atoms with Crippen LogP contribution < -0.4 is 5.43 Å². The molecule has 1 saturated heterocycles. The van der Waals surface area contributed by atoms with Crippen molar-refractivity contribution >= 4 is 16.9 Å². The summed E-state index contributed by atoms with van der Waals surface area (Å²) in [7, 11) is 0. The summed E-state index contributed by atoms with van der Waals surface area (Å²) in [6.07, 6.45) is 0. The number of hydrogen-bond donors (Lipinski definition) is 0. The Bertz CT molecular complexity index is 1190. The summed E-state index contributed by atoms with van der Waals surface area (Å²) in [5.41, 5.74) is 2.94. The van der Waals surface area contributed by atoms with Crippen LogP contribution in [0.5, 0.6) is 0 Å². The van der Waals surface area contributed by atoms with Gasteiger partial charge in [0.15, 0.2) is 5.43 Å². The molecule has 0 spiro atoms. The fourth-order valence-electron chi connectivity index (χ4n) is 4.68. The van der Waals surface area contributed by atoms with Gasteiger partial charge in [0, 0.05) is 26.2 Å². The first-order chi connectivity index (χ1) is 15.5. The Kier molecular flexibility index (Phi) is 5.57. The number of carbonyl (C=O) groups excluding carboxylic acids is 1. The van der Waals surface area contributed by atoms with Crippen molar-refractivity contribution < 1.29 is 13.9 Å². The summed E-state index contributed by atoms with van der Waals surface area (Å²) in [6.45, 7) is 8.68.